The molecule has 1 fully saturated rings. The molecule has 4 heteroatoms. The lowest BCUT2D eigenvalue weighted by atomic mass is 9.67. The van der Waals surface area contributed by atoms with Crippen LogP contribution < -0.4 is 11.1 Å². The molecule has 1 aliphatic rings. The fraction of sp³-hybridized carbons (Fsp3) is 0.471. The van der Waals surface area contributed by atoms with Crippen LogP contribution in [0.4, 0.5) is 5.69 Å². The summed E-state index contributed by atoms with van der Waals surface area (Å²) < 4.78 is 1.12. The highest BCUT2D eigenvalue weighted by Crippen LogP contribution is 2.43. The first kappa shape index (κ1) is 14.4. The number of carbonyl (C=O) groups is 1. The van der Waals surface area contributed by atoms with Gasteiger partial charge in [0, 0.05) is 16.6 Å². The van der Waals surface area contributed by atoms with E-state index in [2.05, 4.69) is 25.2 Å². The van der Waals surface area contributed by atoms with Gasteiger partial charge in [-0.1, -0.05) is 31.5 Å². The van der Waals surface area contributed by atoms with Crippen LogP contribution in [-0.4, -0.2) is 12.5 Å². The lowest BCUT2D eigenvalue weighted by molar-refractivity contribution is 0.0854. The zero-order valence-corrected chi connectivity index (χ0v) is 13.5. The number of aryl methyl sites for hydroxylation is 1. The summed E-state index contributed by atoms with van der Waals surface area (Å²) in [5, 5.41) is 4.10. The molecule has 3 rings (SSSR count). The van der Waals surface area contributed by atoms with Crippen molar-refractivity contribution in [1.82, 2.24) is 5.32 Å². The maximum absolute atomic E-state index is 12.5. The molecule has 0 saturated heterocycles. The Kier molecular flexibility index (Phi) is 3.66. The van der Waals surface area contributed by atoms with Gasteiger partial charge in [0.05, 0.1) is 5.69 Å². The van der Waals surface area contributed by atoms with E-state index in [1.165, 1.54) is 36.2 Å². The summed E-state index contributed by atoms with van der Waals surface area (Å²) >= 11 is 1.51. The summed E-state index contributed by atoms with van der Waals surface area (Å²) in [5.41, 5.74) is 8.30. The van der Waals surface area contributed by atoms with E-state index in [0.717, 1.165) is 23.1 Å². The van der Waals surface area contributed by atoms with Gasteiger partial charge in [-0.05, 0) is 37.2 Å². The van der Waals surface area contributed by atoms with E-state index < -0.39 is 0 Å². The van der Waals surface area contributed by atoms with Crippen molar-refractivity contribution in [1.29, 1.82) is 0 Å². The summed E-state index contributed by atoms with van der Waals surface area (Å²) in [6.07, 6.45) is 4.87. The maximum Gasteiger partial charge on any atom is 0.263 e. The summed E-state index contributed by atoms with van der Waals surface area (Å²) in [5.74, 6) is -0.0205. The minimum atomic E-state index is -0.0205. The number of benzene rings is 1. The summed E-state index contributed by atoms with van der Waals surface area (Å²) in [6.45, 7) is 5.04. The number of nitrogens with two attached hydrogens (primary N) is 1. The lowest BCUT2D eigenvalue weighted by Crippen LogP contribution is -2.41. The average Bonchev–Trinajstić information content (AvgIpc) is 2.77. The van der Waals surface area contributed by atoms with Crippen molar-refractivity contribution in [3.8, 4) is 0 Å². The quantitative estimate of drug-likeness (QED) is 0.893. The highest BCUT2D eigenvalue weighted by atomic mass is 32.1. The van der Waals surface area contributed by atoms with Crippen LogP contribution in [0.15, 0.2) is 18.2 Å². The number of amides is 1. The van der Waals surface area contributed by atoms with Gasteiger partial charge in [0.25, 0.3) is 5.91 Å². The Morgan fingerprint density at radius 2 is 2.19 bits per heavy atom. The van der Waals surface area contributed by atoms with Gasteiger partial charge in [0.2, 0.25) is 0 Å². The van der Waals surface area contributed by atoms with Crippen LogP contribution in [0.2, 0.25) is 0 Å². The number of rotatable bonds is 4. The first-order chi connectivity index (χ1) is 10.1. The van der Waals surface area contributed by atoms with Gasteiger partial charge >= 0.3 is 0 Å². The van der Waals surface area contributed by atoms with E-state index in [1.54, 1.807) is 0 Å². The molecule has 1 aromatic carbocycles. The van der Waals surface area contributed by atoms with Crippen molar-refractivity contribution in [2.75, 3.05) is 12.3 Å². The van der Waals surface area contributed by atoms with Crippen molar-refractivity contribution in [2.24, 2.45) is 5.41 Å². The van der Waals surface area contributed by atoms with E-state index in [1.807, 2.05) is 12.1 Å². The fourth-order valence-electron chi connectivity index (χ4n) is 3.13. The van der Waals surface area contributed by atoms with Gasteiger partial charge < -0.3 is 11.1 Å². The molecule has 0 radical (unpaired) electrons. The van der Waals surface area contributed by atoms with E-state index in [4.69, 9.17) is 5.73 Å². The normalized spacial score (nSPS) is 16.7. The fourth-order valence-corrected chi connectivity index (χ4v) is 4.23. The highest BCUT2D eigenvalue weighted by molar-refractivity contribution is 7.21. The Morgan fingerprint density at radius 1 is 1.43 bits per heavy atom. The largest absolute Gasteiger partial charge is 0.397 e. The molecule has 112 valence electrons. The Morgan fingerprint density at radius 3 is 2.76 bits per heavy atom. The number of hydrogen-bond acceptors (Lipinski definition) is 3. The number of nitrogens with one attached hydrogen (secondary N) is 1. The molecule has 0 unspecified atom stereocenters. The van der Waals surface area contributed by atoms with Crippen molar-refractivity contribution < 1.29 is 4.79 Å². The molecule has 0 atom stereocenters. The van der Waals surface area contributed by atoms with E-state index >= 15 is 0 Å². The molecule has 0 spiro atoms. The zero-order chi connectivity index (χ0) is 15.0. The van der Waals surface area contributed by atoms with Gasteiger partial charge in [0.15, 0.2) is 0 Å². The van der Waals surface area contributed by atoms with Crippen LogP contribution in [0.5, 0.6) is 0 Å². The zero-order valence-electron chi connectivity index (χ0n) is 12.7. The van der Waals surface area contributed by atoms with Crippen LogP contribution in [0.25, 0.3) is 10.1 Å². The molecule has 0 aliphatic heterocycles. The third-order valence-corrected chi connectivity index (χ3v) is 6.30. The topological polar surface area (TPSA) is 55.1 Å². The molecule has 21 heavy (non-hydrogen) atoms. The Bertz CT molecular complexity index is 680. The smallest absolute Gasteiger partial charge is 0.263 e. The number of fused-ring (bicyclic) bond motifs is 1. The molecule has 0 bridgehead atoms. The lowest BCUT2D eigenvalue weighted by Gasteiger charge is -2.41. The predicted molar refractivity (Wildman–Crippen MR) is 89.9 cm³/mol. The van der Waals surface area contributed by atoms with Crippen LogP contribution in [0.1, 0.15) is 47.8 Å². The van der Waals surface area contributed by atoms with E-state index in [9.17, 15) is 4.79 Å². The second kappa shape index (κ2) is 5.34. The van der Waals surface area contributed by atoms with Crippen LogP contribution >= 0.6 is 11.3 Å². The standard InChI is InChI=1S/C17H22N2OS/c1-3-17(8-5-9-17)10-19-16(20)15-13(18)12-7-4-6-11(2)14(12)21-15/h4,6-7H,3,5,8-10,18H2,1-2H3,(H,19,20). The third kappa shape index (κ3) is 2.42. The molecular weight excluding hydrogens is 280 g/mol. The van der Waals surface area contributed by atoms with Crippen LogP contribution in [0, 0.1) is 12.3 Å². The van der Waals surface area contributed by atoms with Crippen molar-refractivity contribution >= 4 is 33.0 Å². The second-order valence-corrected chi connectivity index (χ2v) is 7.21. The van der Waals surface area contributed by atoms with Crippen molar-refractivity contribution in [2.45, 2.75) is 39.5 Å². The maximum atomic E-state index is 12.5. The molecule has 1 aromatic heterocycles. The number of thiophene rings is 1. The molecule has 3 nitrogen and oxygen atoms in total. The average molecular weight is 302 g/mol. The molecule has 1 amide bonds. The predicted octanol–water partition coefficient (Wildman–Crippen LogP) is 4.10. The number of anilines is 1. The Hall–Kier alpha value is -1.55. The molecule has 2 aromatic rings. The van der Waals surface area contributed by atoms with Gasteiger partial charge in [-0.15, -0.1) is 11.3 Å². The molecule has 1 heterocycles. The summed E-state index contributed by atoms with van der Waals surface area (Å²) in [6, 6.07) is 6.04. The number of hydrogen-bond donors (Lipinski definition) is 2. The van der Waals surface area contributed by atoms with Crippen LogP contribution in [0.3, 0.4) is 0 Å². The summed E-state index contributed by atoms with van der Waals surface area (Å²) in [4.78, 5) is 13.1. The molecule has 1 aliphatic carbocycles. The molecule has 1 saturated carbocycles. The first-order valence-corrected chi connectivity index (χ1v) is 8.44. The van der Waals surface area contributed by atoms with Gasteiger partial charge in [-0.25, -0.2) is 0 Å². The van der Waals surface area contributed by atoms with Gasteiger partial charge in [-0.2, -0.15) is 0 Å². The van der Waals surface area contributed by atoms with E-state index in [-0.39, 0.29) is 5.91 Å². The highest BCUT2D eigenvalue weighted by Gasteiger charge is 2.35. The first-order valence-electron chi connectivity index (χ1n) is 7.62. The molecular formula is C17H22N2OS. The molecule has 3 N–H and O–H groups in total. The number of carbonyl (C=O) groups excluding carboxylic acids is 1. The van der Waals surface area contributed by atoms with Crippen molar-refractivity contribution in [3.63, 3.8) is 0 Å². The third-order valence-electron chi connectivity index (χ3n) is 4.95. The van der Waals surface area contributed by atoms with Crippen LogP contribution in [-0.2, 0) is 0 Å². The minimum Gasteiger partial charge on any atom is -0.397 e. The SMILES string of the molecule is CCC1(CNC(=O)c2sc3c(C)cccc3c2N)CCC1. The number of nitrogen functional groups attached to an aromatic ring is 1. The minimum absolute atomic E-state index is 0.0205. The Labute approximate surface area is 129 Å². The second-order valence-electron chi connectivity index (χ2n) is 6.19. The van der Waals surface area contributed by atoms with Crippen molar-refractivity contribution in [3.05, 3.63) is 28.6 Å². The monoisotopic (exact) mass is 302 g/mol. The Balaban J connectivity index is 1.82. The summed E-state index contributed by atoms with van der Waals surface area (Å²) in [7, 11) is 0. The van der Waals surface area contributed by atoms with E-state index in [0.29, 0.717) is 16.0 Å². The van der Waals surface area contributed by atoms with Gasteiger partial charge in [0.1, 0.15) is 4.88 Å². The van der Waals surface area contributed by atoms with Gasteiger partial charge in [-0.3, -0.25) is 4.79 Å².